The Labute approximate surface area is 80.3 Å². The average molecular weight is 204 g/mol. The zero-order chi connectivity index (χ0) is 9.30. The maximum Gasteiger partial charge on any atom is 0.186 e. The largest absolute Gasteiger partial charge is 0.324 e. The van der Waals surface area contributed by atoms with Crippen molar-refractivity contribution in [1.82, 2.24) is 0 Å². The number of Topliss-reactive ketones (excluding diaryl/α,β-unsaturated/α-hetero) is 1. The zero-order valence-corrected chi connectivity index (χ0v) is 8.55. The molecule has 0 aliphatic carbocycles. The van der Waals surface area contributed by atoms with Crippen LogP contribution in [0.5, 0.6) is 0 Å². The molecule has 0 saturated carbocycles. The molecule has 1 heterocycles. The molecule has 0 aliphatic heterocycles. The van der Waals surface area contributed by atoms with Crippen LogP contribution in [-0.4, -0.2) is 12.3 Å². The Balaban J connectivity index is 3.17. The Hall–Kier alpha value is -0.380. The summed E-state index contributed by atoms with van der Waals surface area (Å²) < 4.78 is 0. The molecule has 0 aliphatic rings. The summed E-state index contributed by atoms with van der Waals surface area (Å²) in [6.45, 7) is 3.79. The number of nitrogens with two attached hydrogens (primary N) is 1. The summed E-state index contributed by atoms with van der Waals surface area (Å²) in [6.07, 6.45) is 0. The molecular weight excluding hydrogens is 194 g/mol. The van der Waals surface area contributed by atoms with Crippen LogP contribution in [0, 0.1) is 13.8 Å². The Bertz CT molecular complexity index is 319. The van der Waals surface area contributed by atoms with Gasteiger partial charge in [-0.3, -0.25) is 4.79 Å². The fraction of sp³-hybridized carbons (Fsp3) is 0.375. The highest BCUT2D eigenvalue weighted by molar-refractivity contribution is 7.14. The lowest BCUT2D eigenvalue weighted by Gasteiger charge is -1.93. The molecule has 0 radical (unpaired) electrons. The molecule has 66 valence electrons. The van der Waals surface area contributed by atoms with E-state index in [2.05, 4.69) is 0 Å². The van der Waals surface area contributed by atoms with E-state index in [1.165, 1.54) is 11.3 Å². The molecule has 0 saturated heterocycles. The van der Waals surface area contributed by atoms with Crippen molar-refractivity contribution in [3.63, 3.8) is 0 Å². The standard InChI is InChI=1S/C8H10ClNOS/c1-4-7(9)5(2)12-8(4)6(11)3-10/h3,10H2,1-2H3. The van der Waals surface area contributed by atoms with Gasteiger partial charge in [0.05, 0.1) is 16.4 Å². The number of halogens is 1. The van der Waals surface area contributed by atoms with Crippen molar-refractivity contribution >= 4 is 28.7 Å². The van der Waals surface area contributed by atoms with Gasteiger partial charge in [0.15, 0.2) is 5.78 Å². The van der Waals surface area contributed by atoms with Crippen LogP contribution >= 0.6 is 22.9 Å². The SMILES string of the molecule is Cc1sc(C(=O)CN)c(C)c1Cl. The summed E-state index contributed by atoms with van der Waals surface area (Å²) in [7, 11) is 0. The molecule has 12 heavy (non-hydrogen) atoms. The molecule has 2 N–H and O–H groups in total. The van der Waals surface area contributed by atoms with Gasteiger partial charge in [-0.25, -0.2) is 0 Å². The van der Waals surface area contributed by atoms with E-state index in [-0.39, 0.29) is 12.3 Å². The normalized spacial score (nSPS) is 10.3. The molecule has 4 heteroatoms. The van der Waals surface area contributed by atoms with E-state index in [9.17, 15) is 4.79 Å². The molecule has 0 unspecified atom stereocenters. The average Bonchev–Trinajstić information content (AvgIpc) is 2.32. The monoisotopic (exact) mass is 203 g/mol. The molecule has 1 rings (SSSR count). The highest BCUT2D eigenvalue weighted by atomic mass is 35.5. The van der Waals surface area contributed by atoms with E-state index in [0.29, 0.717) is 9.90 Å². The first-order valence-corrected chi connectivity index (χ1v) is 4.76. The molecule has 0 bridgehead atoms. The van der Waals surface area contributed by atoms with Crippen LogP contribution < -0.4 is 5.73 Å². The maximum absolute atomic E-state index is 11.2. The van der Waals surface area contributed by atoms with Crippen molar-refractivity contribution in [1.29, 1.82) is 0 Å². The number of hydrogen-bond acceptors (Lipinski definition) is 3. The molecule has 0 fully saturated rings. The van der Waals surface area contributed by atoms with Crippen LogP contribution in [0.2, 0.25) is 5.02 Å². The van der Waals surface area contributed by atoms with Gasteiger partial charge in [-0.05, 0) is 19.4 Å². The van der Waals surface area contributed by atoms with Crippen LogP contribution in [0.25, 0.3) is 0 Å². The lowest BCUT2D eigenvalue weighted by Crippen LogP contribution is -2.12. The van der Waals surface area contributed by atoms with Crippen LogP contribution in [0.1, 0.15) is 20.1 Å². The number of ketones is 1. The minimum absolute atomic E-state index is 0.0347. The summed E-state index contributed by atoms with van der Waals surface area (Å²) in [6, 6.07) is 0. The third-order valence-electron chi connectivity index (χ3n) is 1.67. The Morgan fingerprint density at radius 3 is 2.50 bits per heavy atom. The summed E-state index contributed by atoms with van der Waals surface area (Å²) in [5.74, 6) is -0.0347. The molecule has 0 amide bonds. The number of carbonyl (C=O) groups excluding carboxylic acids is 1. The summed E-state index contributed by atoms with van der Waals surface area (Å²) >= 11 is 7.33. The van der Waals surface area contributed by atoms with Crippen LogP contribution in [0.4, 0.5) is 0 Å². The first kappa shape index (κ1) is 9.71. The van der Waals surface area contributed by atoms with Crippen LogP contribution in [-0.2, 0) is 0 Å². The third-order valence-corrected chi connectivity index (χ3v) is 3.60. The van der Waals surface area contributed by atoms with Gasteiger partial charge in [-0.2, -0.15) is 0 Å². The second kappa shape index (κ2) is 3.56. The number of rotatable bonds is 2. The summed E-state index contributed by atoms with van der Waals surface area (Å²) in [5.41, 5.74) is 6.10. The van der Waals surface area contributed by atoms with E-state index in [0.717, 1.165) is 10.4 Å². The van der Waals surface area contributed by atoms with Crippen molar-refractivity contribution in [2.75, 3.05) is 6.54 Å². The van der Waals surface area contributed by atoms with Crippen LogP contribution in [0.15, 0.2) is 0 Å². The quantitative estimate of drug-likeness (QED) is 0.749. The van der Waals surface area contributed by atoms with E-state index < -0.39 is 0 Å². The number of thiophene rings is 1. The van der Waals surface area contributed by atoms with Crippen molar-refractivity contribution in [2.24, 2.45) is 5.73 Å². The summed E-state index contributed by atoms with van der Waals surface area (Å²) in [5, 5.41) is 0.691. The number of carbonyl (C=O) groups is 1. The van der Waals surface area contributed by atoms with Crippen molar-refractivity contribution < 1.29 is 4.79 Å². The minimum atomic E-state index is -0.0347. The molecule has 0 aromatic carbocycles. The van der Waals surface area contributed by atoms with Gasteiger partial charge < -0.3 is 5.73 Å². The van der Waals surface area contributed by atoms with Gasteiger partial charge in [0.1, 0.15) is 0 Å². The van der Waals surface area contributed by atoms with E-state index in [1.807, 2.05) is 13.8 Å². The minimum Gasteiger partial charge on any atom is -0.324 e. The lowest BCUT2D eigenvalue weighted by atomic mass is 10.2. The van der Waals surface area contributed by atoms with Crippen LogP contribution in [0.3, 0.4) is 0 Å². The zero-order valence-electron chi connectivity index (χ0n) is 6.98. The first-order chi connectivity index (χ1) is 5.57. The van der Waals surface area contributed by atoms with Crippen molar-refractivity contribution in [3.05, 3.63) is 20.3 Å². The number of aryl methyl sites for hydroxylation is 1. The van der Waals surface area contributed by atoms with Crippen molar-refractivity contribution in [3.8, 4) is 0 Å². The molecular formula is C8H10ClNOS. The Kier molecular flexibility index (Phi) is 2.88. The van der Waals surface area contributed by atoms with Crippen molar-refractivity contribution in [2.45, 2.75) is 13.8 Å². The molecule has 1 aromatic heterocycles. The fourth-order valence-electron chi connectivity index (χ4n) is 0.997. The van der Waals surface area contributed by atoms with Gasteiger partial charge in [0, 0.05) is 4.88 Å². The van der Waals surface area contributed by atoms with E-state index in [4.69, 9.17) is 17.3 Å². The summed E-state index contributed by atoms with van der Waals surface area (Å²) in [4.78, 5) is 12.9. The second-order valence-electron chi connectivity index (χ2n) is 2.55. The van der Waals surface area contributed by atoms with Gasteiger partial charge in [0.2, 0.25) is 0 Å². The highest BCUT2D eigenvalue weighted by Gasteiger charge is 2.14. The van der Waals surface area contributed by atoms with Gasteiger partial charge >= 0.3 is 0 Å². The molecule has 0 spiro atoms. The van der Waals surface area contributed by atoms with E-state index in [1.54, 1.807) is 0 Å². The molecule has 1 aromatic rings. The molecule has 2 nitrogen and oxygen atoms in total. The first-order valence-electron chi connectivity index (χ1n) is 3.56. The highest BCUT2D eigenvalue weighted by Crippen LogP contribution is 2.31. The number of hydrogen-bond donors (Lipinski definition) is 1. The maximum atomic E-state index is 11.2. The van der Waals surface area contributed by atoms with Gasteiger partial charge in [0.25, 0.3) is 0 Å². The molecule has 0 atom stereocenters. The second-order valence-corrected chi connectivity index (χ2v) is 4.16. The fourth-order valence-corrected chi connectivity index (χ4v) is 2.26. The van der Waals surface area contributed by atoms with Gasteiger partial charge in [-0.15, -0.1) is 11.3 Å². The predicted molar refractivity (Wildman–Crippen MR) is 52.2 cm³/mol. The Morgan fingerprint density at radius 1 is 1.58 bits per heavy atom. The smallest absolute Gasteiger partial charge is 0.186 e. The third kappa shape index (κ3) is 1.53. The van der Waals surface area contributed by atoms with Gasteiger partial charge in [-0.1, -0.05) is 11.6 Å². The van der Waals surface area contributed by atoms with E-state index >= 15 is 0 Å². The topological polar surface area (TPSA) is 43.1 Å². The lowest BCUT2D eigenvalue weighted by molar-refractivity contribution is 0.100. The predicted octanol–water partition coefficient (Wildman–Crippen LogP) is 2.16. The Morgan fingerprint density at radius 2 is 2.17 bits per heavy atom.